The van der Waals surface area contributed by atoms with E-state index >= 15 is 0 Å². The quantitative estimate of drug-likeness (QED) is 0.191. The number of benzene rings is 2. The van der Waals surface area contributed by atoms with Crippen molar-refractivity contribution in [2.45, 2.75) is 38.7 Å². The number of aliphatic carboxylic acids is 1. The third-order valence-electron chi connectivity index (χ3n) is 6.08. The van der Waals surface area contributed by atoms with Crippen molar-refractivity contribution in [1.29, 1.82) is 5.41 Å². The maximum Gasteiger partial charge on any atom is 0.350 e. The van der Waals surface area contributed by atoms with Gasteiger partial charge in [0, 0.05) is 37.2 Å². The minimum absolute atomic E-state index is 0.0143. The van der Waals surface area contributed by atoms with Crippen LogP contribution >= 0.6 is 0 Å². The molecule has 2 atom stereocenters. The Morgan fingerprint density at radius 1 is 1.25 bits per heavy atom. The summed E-state index contributed by atoms with van der Waals surface area (Å²) in [6.07, 6.45) is 4.55. The van der Waals surface area contributed by atoms with E-state index in [0.29, 0.717) is 31.0 Å². The lowest BCUT2D eigenvalue weighted by molar-refractivity contribution is -0.134. The fourth-order valence-electron chi connectivity index (χ4n) is 4.31. The van der Waals surface area contributed by atoms with Gasteiger partial charge in [-0.2, -0.15) is 0 Å². The van der Waals surface area contributed by atoms with Crippen LogP contribution in [0, 0.1) is 12.3 Å². The average molecular weight is 546 g/mol. The number of aryl methyl sites for hydroxylation is 1. The number of carbonyl (C=O) groups is 1. The van der Waals surface area contributed by atoms with E-state index in [1.54, 1.807) is 18.5 Å². The molecule has 1 aliphatic heterocycles. The number of nitrogens with one attached hydrogen (secondary N) is 2. The smallest absolute Gasteiger partial charge is 0.350 e. The fourth-order valence-corrected chi connectivity index (χ4v) is 4.31. The number of nitrogen functional groups attached to an aromatic ring is 1. The number of nitrogens with two attached hydrogens (primary N) is 1. The minimum Gasteiger partial charge on any atom is -0.488 e. The number of H-pyrrole nitrogens is 1. The van der Waals surface area contributed by atoms with Crippen LogP contribution in [0.15, 0.2) is 65.7 Å². The van der Waals surface area contributed by atoms with Gasteiger partial charge in [0.25, 0.3) is 11.9 Å². The van der Waals surface area contributed by atoms with Crippen LogP contribution < -0.4 is 16.2 Å². The Labute approximate surface area is 230 Å². The fraction of sp³-hybridized carbons (Fsp3) is 0.286. The number of rotatable bonds is 8. The highest BCUT2D eigenvalue weighted by molar-refractivity contribution is 5.94. The van der Waals surface area contributed by atoms with E-state index in [0.717, 1.165) is 35.8 Å². The summed E-state index contributed by atoms with van der Waals surface area (Å²) in [5.41, 5.74) is 8.85. The first-order valence-electron chi connectivity index (χ1n) is 12.6. The summed E-state index contributed by atoms with van der Waals surface area (Å²) in [6, 6.07) is 15.3. The molecule has 0 radical (unpaired) electrons. The van der Waals surface area contributed by atoms with Gasteiger partial charge < -0.3 is 20.3 Å². The van der Waals surface area contributed by atoms with Crippen molar-refractivity contribution in [3.63, 3.8) is 0 Å². The molecule has 4 aromatic rings. The molecule has 2 aromatic carbocycles. The van der Waals surface area contributed by atoms with Crippen molar-refractivity contribution in [2.75, 3.05) is 13.2 Å². The maximum absolute atomic E-state index is 12.8. The third-order valence-corrected chi connectivity index (χ3v) is 6.08. The van der Waals surface area contributed by atoms with Crippen molar-refractivity contribution >= 4 is 11.8 Å². The average Bonchev–Trinajstić information content (AvgIpc) is 3.57. The molecule has 5 N–H and O–H groups in total. The molecule has 1 aliphatic rings. The van der Waals surface area contributed by atoms with Gasteiger partial charge in [-0.1, -0.05) is 30.3 Å². The van der Waals surface area contributed by atoms with Crippen molar-refractivity contribution in [3.8, 4) is 11.7 Å². The lowest BCUT2D eigenvalue weighted by Crippen LogP contribution is -2.18. The van der Waals surface area contributed by atoms with Gasteiger partial charge in [-0.15, -0.1) is 9.78 Å². The van der Waals surface area contributed by atoms with Gasteiger partial charge in [-0.05, 0) is 48.2 Å². The molecule has 5 rings (SSSR count). The summed E-state index contributed by atoms with van der Waals surface area (Å²) >= 11 is 0. The summed E-state index contributed by atoms with van der Waals surface area (Å²) < 4.78 is 12.8. The zero-order chi connectivity index (χ0) is 28.6. The molecule has 1 unspecified atom stereocenters. The summed E-state index contributed by atoms with van der Waals surface area (Å²) in [6.45, 7) is 4.37. The van der Waals surface area contributed by atoms with Gasteiger partial charge in [-0.25, -0.2) is 14.8 Å². The van der Waals surface area contributed by atoms with Gasteiger partial charge in [0.1, 0.15) is 23.5 Å². The standard InChI is InChI=1S/C26H27N7O3.C2H4O2/c1-16-11-19(14-21(12-16)36-20-7-10-35-15-20)22(13-17-3-5-18(6-4-17)23(27)28)24-31-26(34)33(32-24)25-29-8-2-9-30-25;1-2(3)4/h2-6,8-9,11-12,14,20,22H,7,10,13,15H2,1H3,(H3,27,28)(H,31,32,34);1H3,(H,3,4)/t20-,22?;/m0./s1. The van der Waals surface area contributed by atoms with E-state index in [4.69, 9.17) is 30.5 Å². The SMILES string of the molecule is CC(=O)O.Cc1cc(O[C@H]2CCOC2)cc(C(Cc2ccc(C(=N)N)cc2)c2nn(-c3ncccn3)c(=O)[nH]2)c1. The topological polar surface area (TPSA) is 182 Å². The van der Waals surface area contributed by atoms with Crippen LogP contribution in [-0.4, -0.2) is 61.0 Å². The Hall–Kier alpha value is -4.84. The molecule has 2 aromatic heterocycles. The largest absolute Gasteiger partial charge is 0.488 e. The molecule has 40 heavy (non-hydrogen) atoms. The van der Waals surface area contributed by atoms with E-state index in [-0.39, 0.29) is 23.8 Å². The first-order valence-corrected chi connectivity index (χ1v) is 12.6. The van der Waals surface area contributed by atoms with Crippen LogP contribution in [0.5, 0.6) is 5.75 Å². The molecule has 0 saturated carbocycles. The predicted molar refractivity (Wildman–Crippen MR) is 147 cm³/mol. The lowest BCUT2D eigenvalue weighted by Gasteiger charge is -2.19. The van der Waals surface area contributed by atoms with E-state index < -0.39 is 11.7 Å². The highest BCUT2D eigenvalue weighted by Crippen LogP contribution is 2.31. The van der Waals surface area contributed by atoms with Crippen LogP contribution in [0.25, 0.3) is 5.95 Å². The Kier molecular flexibility index (Phi) is 9.02. The lowest BCUT2D eigenvalue weighted by atomic mass is 9.90. The van der Waals surface area contributed by atoms with Gasteiger partial charge in [0.05, 0.1) is 13.2 Å². The molecule has 1 saturated heterocycles. The van der Waals surface area contributed by atoms with Gasteiger partial charge in [-0.3, -0.25) is 15.2 Å². The molecule has 0 spiro atoms. The normalized spacial score (nSPS) is 15.1. The number of carboxylic acids is 1. The number of carboxylic acid groups (broad SMARTS) is 1. The summed E-state index contributed by atoms with van der Waals surface area (Å²) in [5, 5.41) is 19.6. The molecular weight excluding hydrogens is 514 g/mol. The van der Waals surface area contributed by atoms with Crippen molar-refractivity contribution in [2.24, 2.45) is 5.73 Å². The minimum atomic E-state index is -0.833. The molecular formula is C28H31N7O5. The zero-order valence-corrected chi connectivity index (χ0v) is 22.2. The number of aromatic nitrogens is 5. The van der Waals surface area contributed by atoms with Crippen LogP contribution in [0.1, 0.15) is 47.3 Å². The van der Waals surface area contributed by atoms with Crippen LogP contribution in [0.2, 0.25) is 0 Å². The van der Waals surface area contributed by atoms with E-state index in [2.05, 4.69) is 26.1 Å². The zero-order valence-electron chi connectivity index (χ0n) is 22.2. The first kappa shape index (κ1) is 28.2. The second-order valence-electron chi connectivity index (χ2n) is 9.35. The molecule has 0 bridgehead atoms. The number of amidine groups is 1. The third kappa shape index (κ3) is 7.38. The highest BCUT2D eigenvalue weighted by atomic mass is 16.5. The van der Waals surface area contributed by atoms with Crippen LogP contribution in [0.4, 0.5) is 0 Å². The molecule has 12 heteroatoms. The Bertz CT molecular complexity index is 1510. The number of hydrogen-bond acceptors (Lipinski definition) is 8. The molecule has 208 valence electrons. The summed E-state index contributed by atoms with van der Waals surface area (Å²) in [5.74, 6) is 0.340. The van der Waals surface area contributed by atoms with Crippen molar-refractivity contribution in [3.05, 3.63) is 99.5 Å². The van der Waals surface area contributed by atoms with Gasteiger partial charge in [0.15, 0.2) is 0 Å². The monoisotopic (exact) mass is 545 g/mol. The summed E-state index contributed by atoms with van der Waals surface area (Å²) in [7, 11) is 0. The molecule has 3 heterocycles. The van der Waals surface area contributed by atoms with Gasteiger partial charge in [0.2, 0.25) is 0 Å². The Balaban J connectivity index is 0.000000867. The van der Waals surface area contributed by atoms with E-state index in [1.807, 2.05) is 43.3 Å². The summed E-state index contributed by atoms with van der Waals surface area (Å²) in [4.78, 5) is 33.0. The predicted octanol–water partition coefficient (Wildman–Crippen LogP) is 2.58. The van der Waals surface area contributed by atoms with Crippen molar-refractivity contribution in [1.82, 2.24) is 24.7 Å². The van der Waals surface area contributed by atoms with Crippen LogP contribution in [0.3, 0.4) is 0 Å². The number of aromatic amines is 1. The van der Waals surface area contributed by atoms with Crippen molar-refractivity contribution < 1.29 is 19.4 Å². The van der Waals surface area contributed by atoms with E-state index in [9.17, 15) is 4.79 Å². The van der Waals surface area contributed by atoms with Crippen LogP contribution in [-0.2, 0) is 16.0 Å². The molecule has 12 nitrogen and oxygen atoms in total. The van der Waals surface area contributed by atoms with Gasteiger partial charge >= 0.3 is 5.69 Å². The highest BCUT2D eigenvalue weighted by Gasteiger charge is 2.24. The first-order chi connectivity index (χ1) is 19.2. The molecule has 0 amide bonds. The van der Waals surface area contributed by atoms with E-state index in [1.165, 1.54) is 4.68 Å². The Morgan fingerprint density at radius 2 is 1.95 bits per heavy atom. The second-order valence-corrected chi connectivity index (χ2v) is 9.35. The second kappa shape index (κ2) is 12.8. The number of ether oxygens (including phenoxy) is 2. The molecule has 0 aliphatic carbocycles. The maximum atomic E-state index is 12.8. The Morgan fingerprint density at radius 3 is 2.58 bits per heavy atom. The number of nitrogens with zero attached hydrogens (tertiary/aromatic N) is 4. The molecule has 1 fully saturated rings. The number of hydrogen-bond donors (Lipinski definition) is 4.